The molecule has 0 aliphatic heterocycles. The average molecular weight is 191 g/mol. The summed E-state index contributed by atoms with van der Waals surface area (Å²) in [4.78, 5) is 22.5. The summed E-state index contributed by atoms with van der Waals surface area (Å²) in [6.07, 6.45) is 0.0807. The van der Waals surface area contributed by atoms with E-state index in [2.05, 4.69) is 0 Å². The molecule has 1 aliphatic carbocycles. The monoisotopic (exact) mass is 191 g/mol. The molecule has 0 aromatic heterocycles. The Morgan fingerprint density at radius 1 is 1.43 bits per heavy atom. The number of carboxylic acid groups (broad SMARTS) is 1. The van der Waals surface area contributed by atoms with Crippen LogP contribution in [0.15, 0.2) is 24.3 Å². The highest BCUT2D eigenvalue weighted by atomic mass is 16.4. The summed E-state index contributed by atoms with van der Waals surface area (Å²) in [6, 6.07) is 6.80. The number of ketones is 1. The molecular weight excluding hydrogens is 182 g/mol. The number of hydrogen-bond acceptors (Lipinski definition) is 3. The van der Waals surface area contributed by atoms with Crippen LogP contribution in [0.2, 0.25) is 0 Å². The van der Waals surface area contributed by atoms with E-state index in [0.717, 1.165) is 0 Å². The van der Waals surface area contributed by atoms with Gasteiger partial charge in [0.2, 0.25) is 0 Å². The van der Waals surface area contributed by atoms with Crippen LogP contribution in [0.5, 0.6) is 0 Å². The largest absolute Gasteiger partial charge is 0.480 e. The first-order valence-electron chi connectivity index (χ1n) is 4.20. The van der Waals surface area contributed by atoms with Crippen LogP contribution in [0.25, 0.3) is 0 Å². The molecule has 0 heterocycles. The van der Waals surface area contributed by atoms with E-state index in [9.17, 15) is 9.59 Å². The van der Waals surface area contributed by atoms with Crippen molar-refractivity contribution >= 4 is 11.8 Å². The van der Waals surface area contributed by atoms with E-state index in [0.29, 0.717) is 11.1 Å². The van der Waals surface area contributed by atoms with Gasteiger partial charge in [0.25, 0.3) is 0 Å². The summed E-state index contributed by atoms with van der Waals surface area (Å²) < 4.78 is 0. The van der Waals surface area contributed by atoms with Crippen molar-refractivity contribution < 1.29 is 14.7 Å². The first kappa shape index (κ1) is 8.90. The molecule has 1 atom stereocenters. The normalized spacial score (nSPS) is 24.8. The molecule has 14 heavy (non-hydrogen) atoms. The Labute approximate surface area is 80.3 Å². The first-order chi connectivity index (χ1) is 6.55. The van der Waals surface area contributed by atoms with Gasteiger partial charge in [-0.1, -0.05) is 24.3 Å². The van der Waals surface area contributed by atoms with Gasteiger partial charge < -0.3 is 10.8 Å². The van der Waals surface area contributed by atoms with E-state index in [4.69, 9.17) is 10.8 Å². The van der Waals surface area contributed by atoms with Crippen molar-refractivity contribution in [2.24, 2.45) is 5.73 Å². The third-order valence-electron chi connectivity index (χ3n) is 2.52. The number of hydrogen-bond donors (Lipinski definition) is 2. The van der Waals surface area contributed by atoms with Crippen molar-refractivity contribution in [1.82, 2.24) is 0 Å². The maximum atomic E-state index is 11.7. The van der Waals surface area contributed by atoms with Crippen LogP contribution < -0.4 is 5.73 Å². The van der Waals surface area contributed by atoms with E-state index in [-0.39, 0.29) is 6.42 Å². The maximum absolute atomic E-state index is 11.7. The van der Waals surface area contributed by atoms with Crippen LogP contribution in [0, 0.1) is 0 Å². The van der Waals surface area contributed by atoms with Gasteiger partial charge in [0, 0.05) is 12.0 Å². The molecule has 0 amide bonds. The molecule has 0 saturated carbocycles. The Kier molecular flexibility index (Phi) is 1.69. The number of carbonyl (C=O) groups is 2. The number of fused-ring (bicyclic) bond motifs is 1. The molecule has 1 aromatic carbocycles. The van der Waals surface area contributed by atoms with Gasteiger partial charge in [0.1, 0.15) is 0 Å². The Bertz CT molecular complexity index is 427. The van der Waals surface area contributed by atoms with Gasteiger partial charge in [-0.15, -0.1) is 0 Å². The zero-order chi connectivity index (χ0) is 10.3. The van der Waals surface area contributed by atoms with Crippen LogP contribution in [-0.2, 0) is 11.2 Å². The highest BCUT2D eigenvalue weighted by Crippen LogP contribution is 2.28. The molecule has 0 spiro atoms. The van der Waals surface area contributed by atoms with Crippen LogP contribution in [0.3, 0.4) is 0 Å². The second kappa shape index (κ2) is 2.65. The lowest BCUT2D eigenvalue weighted by atomic mass is 9.96. The van der Waals surface area contributed by atoms with Gasteiger partial charge in [0.05, 0.1) is 0 Å². The van der Waals surface area contributed by atoms with E-state index in [1.807, 2.05) is 0 Å². The van der Waals surface area contributed by atoms with Crippen LogP contribution in [0.1, 0.15) is 15.9 Å². The lowest BCUT2D eigenvalue weighted by molar-refractivity contribution is -0.141. The lowest BCUT2D eigenvalue weighted by Crippen LogP contribution is -2.53. The standard InChI is InChI=1S/C10H9NO3/c11-10(9(13)14)5-6-3-1-2-4-7(6)8(10)12/h1-4H,5,11H2,(H,13,14). The summed E-state index contributed by atoms with van der Waals surface area (Å²) >= 11 is 0. The Morgan fingerprint density at radius 3 is 2.64 bits per heavy atom. The molecule has 0 fully saturated rings. The van der Waals surface area contributed by atoms with E-state index in [1.165, 1.54) is 0 Å². The molecule has 0 bridgehead atoms. The molecule has 2 rings (SSSR count). The summed E-state index contributed by atoms with van der Waals surface area (Å²) in [7, 11) is 0. The van der Waals surface area contributed by atoms with Crippen molar-refractivity contribution in [3.63, 3.8) is 0 Å². The fourth-order valence-corrected chi connectivity index (χ4v) is 1.69. The number of nitrogens with two attached hydrogens (primary N) is 1. The lowest BCUT2D eigenvalue weighted by Gasteiger charge is -2.14. The number of carboxylic acids is 1. The molecule has 4 heteroatoms. The minimum absolute atomic E-state index is 0.0807. The minimum atomic E-state index is -1.76. The fourth-order valence-electron chi connectivity index (χ4n) is 1.69. The summed E-state index contributed by atoms with van der Waals surface area (Å²) in [6.45, 7) is 0. The molecular formula is C10H9NO3. The van der Waals surface area contributed by atoms with Crippen molar-refractivity contribution in [2.45, 2.75) is 12.0 Å². The summed E-state index contributed by atoms with van der Waals surface area (Å²) in [5.41, 5.74) is 4.93. The number of Topliss-reactive ketones (excluding diaryl/α,β-unsaturated/α-hetero) is 1. The van der Waals surface area contributed by atoms with Crippen LogP contribution >= 0.6 is 0 Å². The third-order valence-corrected chi connectivity index (χ3v) is 2.52. The van der Waals surface area contributed by atoms with Crippen molar-refractivity contribution in [2.75, 3.05) is 0 Å². The molecule has 0 saturated heterocycles. The van der Waals surface area contributed by atoms with Crippen LogP contribution in [-0.4, -0.2) is 22.4 Å². The quantitative estimate of drug-likeness (QED) is 0.622. The number of aliphatic carboxylic acids is 1. The highest BCUT2D eigenvalue weighted by molar-refractivity contribution is 6.19. The predicted molar refractivity (Wildman–Crippen MR) is 49.0 cm³/mol. The summed E-state index contributed by atoms with van der Waals surface area (Å²) in [5.74, 6) is -1.76. The smallest absolute Gasteiger partial charge is 0.332 e. The van der Waals surface area contributed by atoms with Gasteiger partial charge >= 0.3 is 5.97 Å². The third kappa shape index (κ3) is 0.975. The Morgan fingerprint density at radius 2 is 2.07 bits per heavy atom. The van der Waals surface area contributed by atoms with Crippen molar-refractivity contribution in [3.8, 4) is 0 Å². The van der Waals surface area contributed by atoms with Crippen molar-refractivity contribution in [3.05, 3.63) is 35.4 Å². The van der Waals surface area contributed by atoms with E-state index >= 15 is 0 Å². The predicted octanol–water partition coefficient (Wildman–Crippen LogP) is 0.207. The van der Waals surface area contributed by atoms with E-state index < -0.39 is 17.3 Å². The highest BCUT2D eigenvalue weighted by Gasteiger charge is 2.48. The maximum Gasteiger partial charge on any atom is 0.332 e. The SMILES string of the molecule is NC1(C(=O)O)Cc2ccccc2C1=O. The number of rotatable bonds is 1. The Balaban J connectivity index is 2.54. The number of carbonyl (C=O) groups excluding carboxylic acids is 1. The van der Waals surface area contributed by atoms with Gasteiger partial charge in [-0.3, -0.25) is 4.79 Å². The average Bonchev–Trinajstić information content (AvgIpc) is 2.42. The van der Waals surface area contributed by atoms with Crippen molar-refractivity contribution in [1.29, 1.82) is 0 Å². The molecule has 0 radical (unpaired) electrons. The Hall–Kier alpha value is -1.68. The second-order valence-electron chi connectivity index (χ2n) is 3.44. The zero-order valence-electron chi connectivity index (χ0n) is 7.36. The molecule has 1 aliphatic rings. The minimum Gasteiger partial charge on any atom is -0.480 e. The second-order valence-corrected chi connectivity index (χ2v) is 3.44. The first-order valence-corrected chi connectivity index (χ1v) is 4.20. The van der Waals surface area contributed by atoms with E-state index in [1.54, 1.807) is 24.3 Å². The van der Waals surface area contributed by atoms with Gasteiger partial charge in [-0.05, 0) is 5.56 Å². The molecule has 1 aromatic rings. The van der Waals surface area contributed by atoms with Gasteiger partial charge in [-0.25, -0.2) is 4.79 Å². The zero-order valence-corrected chi connectivity index (χ0v) is 7.36. The molecule has 4 nitrogen and oxygen atoms in total. The molecule has 1 unspecified atom stereocenters. The number of benzene rings is 1. The topological polar surface area (TPSA) is 80.4 Å². The van der Waals surface area contributed by atoms with Gasteiger partial charge in [0.15, 0.2) is 11.3 Å². The fraction of sp³-hybridized carbons (Fsp3) is 0.200. The summed E-state index contributed by atoms with van der Waals surface area (Å²) in [5, 5.41) is 8.87. The van der Waals surface area contributed by atoms with Gasteiger partial charge in [-0.2, -0.15) is 0 Å². The molecule has 3 N–H and O–H groups in total. The molecule has 72 valence electrons. The van der Waals surface area contributed by atoms with Crippen LogP contribution in [0.4, 0.5) is 0 Å².